The molecule has 5 nitrogen and oxygen atoms in total. The van der Waals surface area contributed by atoms with E-state index in [2.05, 4.69) is 10.3 Å². The van der Waals surface area contributed by atoms with Crippen LogP contribution in [0.1, 0.15) is 37.8 Å². The van der Waals surface area contributed by atoms with Gasteiger partial charge in [0.15, 0.2) is 0 Å². The molecule has 22 heavy (non-hydrogen) atoms. The van der Waals surface area contributed by atoms with E-state index in [1.54, 1.807) is 0 Å². The van der Waals surface area contributed by atoms with Crippen LogP contribution in [0.4, 0.5) is 13.2 Å². The predicted molar refractivity (Wildman–Crippen MR) is 75.0 cm³/mol. The zero-order valence-corrected chi connectivity index (χ0v) is 13.3. The SMILES string of the molecule is CS(=O)(=O)CCc1cn(CC2(C(F)(F)F)CCCCC2)nn1. The van der Waals surface area contributed by atoms with Crippen molar-refractivity contribution in [3.8, 4) is 0 Å². The molecule has 1 aliphatic rings. The monoisotopic (exact) mass is 339 g/mol. The molecule has 1 saturated carbocycles. The molecule has 0 aromatic carbocycles. The molecule has 0 saturated heterocycles. The summed E-state index contributed by atoms with van der Waals surface area (Å²) in [7, 11) is -3.13. The summed E-state index contributed by atoms with van der Waals surface area (Å²) in [5.74, 6) is -0.0872. The number of hydrogen-bond acceptors (Lipinski definition) is 4. The standard InChI is InChI=1S/C13H20F3N3O2S/c1-22(20,21)8-5-11-9-19(18-17-11)10-12(13(14,15)16)6-3-2-4-7-12/h9H,2-8,10H2,1H3. The highest BCUT2D eigenvalue weighted by atomic mass is 32.2. The van der Waals surface area contributed by atoms with Gasteiger partial charge in [0.05, 0.1) is 23.4 Å². The van der Waals surface area contributed by atoms with E-state index < -0.39 is 21.4 Å². The summed E-state index contributed by atoms with van der Waals surface area (Å²) < 4.78 is 63.8. The first-order chi connectivity index (χ1) is 10.1. The third kappa shape index (κ3) is 4.21. The molecule has 2 rings (SSSR count). The molecule has 126 valence electrons. The Hall–Kier alpha value is -1.12. The lowest BCUT2D eigenvalue weighted by molar-refractivity contribution is -0.240. The molecule has 0 radical (unpaired) electrons. The topological polar surface area (TPSA) is 64.8 Å². The fourth-order valence-corrected chi connectivity index (χ4v) is 3.47. The smallest absolute Gasteiger partial charge is 0.251 e. The molecular weight excluding hydrogens is 319 g/mol. The van der Waals surface area contributed by atoms with Crippen molar-refractivity contribution in [2.24, 2.45) is 5.41 Å². The zero-order chi connectivity index (χ0) is 16.4. The van der Waals surface area contributed by atoms with Crippen LogP contribution in [0.3, 0.4) is 0 Å². The van der Waals surface area contributed by atoms with Crippen LogP contribution in [0, 0.1) is 5.41 Å². The molecule has 0 amide bonds. The third-order valence-corrected chi connectivity index (χ3v) is 5.14. The number of halogens is 3. The van der Waals surface area contributed by atoms with Crippen molar-refractivity contribution in [1.82, 2.24) is 15.0 Å². The minimum Gasteiger partial charge on any atom is -0.251 e. The summed E-state index contributed by atoms with van der Waals surface area (Å²) in [4.78, 5) is 0. The molecule has 1 heterocycles. The fourth-order valence-electron chi connectivity index (χ4n) is 2.89. The number of aryl methyl sites for hydroxylation is 1. The highest BCUT2D eigenvalue weighted by molar-refractivity contribution is 7.90. The lowest BCUT2D eigenvalue weighted by atomic mass is 9.73. The van der Waals surface area contributed by atoms with E-state index in [1.807, 2.05) is 0 Å². The van der Waals surface area contributed by atoms with Gasteiger partial charge >= 0.3 is 6.18 Å². The van der Waals surface area contributed by atoms with E-state index >= 15 is 0 Å². The van der Waals surface area contributed by atoms with E-state index in [0.717, 1.165) is 12.7 Å². The normalized spacial score (nSPS) is 19.3. The Morgan fingerprint density at radius 2 is 1.91 bits per heavy atom. The van der Waals surface area contributed by atoms with Gasteiger partial charge in [0.2, 0.25) is 0 Å². The van der Waals surface area contributed by atoms with Crippen LogP contribution in [0.15, 0.2) is 6.20 Å². The van der Waals surface area contributed by atoms with Crippen molar-refractivity contribution in [2.45, 2.75) is 51.2 Å². The summed E-state index contributed by atoms with van der Waals surface area (Å²) in [6.07, 6.45) is 0.596. The second-order valence-corrected chi connectivity index (χ2v) is 8.39. The summed E-state index contributed by atoms with van der Waals surface area (Å²) in [5.41, 5.74) is -1.34. The zero-order valence-electron chi connectivity index (χ0n) is 12.4. The van der Waals surface area contributed by atoms with Gasteiger partial charge in [-0.15, -0.1) is 5.10 Å². The van der Waals surface area contributed by atoms with Crippen molar-refractivity contribution in [2.75, 3.05) is 12.0 Å². The molecule has 0 unspecified atom stereocenters. The van der Waals surface area contributed by atoms with Gasteiger partial charge in [0, 0.05) is 18.9 Å². The highest BCUT2D eigenvalue weighted by Crippen LogP contribution is 2.49. The molecule has 1 aliphatic carbocycles. The van der Waals surface area contributed by atoms with Crippen LogP contribution >= 0.6 is 0 Å². The van der Waals surface area contributed by atoms with Gasteiger partial charge < -0.3 is 0 Å². The average molecular weight is 339 g/mol. The lowest BCUT2D eigenvalue weighted by Gasteiger charge is -2.38. The summed E-state index contributed by atoms with van der Waals surface area (Å²) in [6, 6.07) is 0. The number of nitrogens with zero attached hydrogens (tertiary/aromatic N) is 3. The molecule has 1 fully saturated rings. The molecule has 0 spiro atoms. The van der Waals surface area contributed by atoms with Crippen LogP contribution in [0.25, 0.3) is 0 Å². The molecule has 0 atom stereocenters. The fraction of sp³-hybridized carbons (Fsp3) is 0.846. The van der Waals surface area contributed by atoms with E-state index in [4.69, 9.17) is 0 Å². The molecule has 0 N–H and O–H groups in total. The van der Waals surface area contributed by atoms with Crippen molar-refractivity contribution in [1.29, 1.82) is 0 Å². The van der Waals surface area contributed by atoms with Gasteiger partial charge in [-0.05, 0) is 12.8 Å². The Morgan fingerprint density at radius 3 is 2.45 bits per heavy atom. The van der Waals surface area contributed by atoms with Gasteiger partial charge in [-0.2, -0.15) is 13.2 Å². The van der Waals surface area contributed by atoms with E-state index in [0.29, 0.717) is 18.5 Å². The van der Waals surface area contributed by atoms with Gasteiger partial charge in [-0.3, -0.25) is 4.68 Å². The average Bonchev–Trinajstić information content (AvgIpc) is 2.83. The first-order valence-electron chi connectivity index (χ1n) is 7.25. The first-order valence-corrected chi connectivity index (χ1v) is 9.31. The van der Waals surface area contributed by atoms with Gasteiger partial charge in [0.25, 0.3) is 0 Å². The molecule has 1 aromatic rings. The maximum absolute atomic E-state index is 13.5. The Morgan fingerprint density at radius 1 is 1.27 bits per heavy atom. The van der Waals surface area contributed by atoms with Crippen LogP contribution in [0.2, 0.25) is 0 Å². The van der Waals surface area contributed by atoms with Gasteiger partial charge in [0.1, 0.15) is 9.84 Å². The number of rotatable bonds is 5. The van der Waals surface area contributed by atoms with Crippen molar-refractivity contribution < 1.29 is 21.6 Å². The van der Waals surface area contributed by atoms with Crippen molar-refractivity contribution >= 4 is 9.84 Å². The number of alkyl halides is 3. The molecule has 0 aliphatic heterocycles. The number of sulfone groups is 1. The second-order valence-electron chi connectivity index (χ2n) is 6.13. The minimum absolute atomic E-state index is 0.0872. The van der Waals surface area contributed by atoms with E-state index in [-0.39, 0.29) is 31.6 Å². The predicted octanol–water partition coefficient (Wildman–Crippen LogP) is 2.38. The van der Waals surface area contributed by atoms with E-state index in [1.165, 1.54) is 10.9 Å². The summed E-state index contributed by atoms with van der Waals surface area (Å²) in [5, 5.41) is 7.52. The Labute approximate surface area is 127 Å². The maximum Gasteiger partial charge on any atom is 0.396 e. The summed E-state index contributed by atoms with van der Waals surface area (Å²) >= 11 is 0. The van der Waals surface area contributed by atoms with Gasteiger partial charge in [-0.1, -0.05) is 24.5 Å². The quantitative estimate of drug-likeness (QED) is 0.826. The Kier molecular flexibility index (Phi) is 4.84. The van der Waals surface area contributed by atoms with Crippen molar-refractivity contribution in [3.05, 3.63) is 11.9 Å². The number of hydrogen-bond donors (Lipinski definition) is 0. The lowest BCUT2D eigenvalue weighted by Crippen LogP contribution is -2.43. The molecular formula is C13H20F3N3O2S. The minimum atomic E-state index is -4.27. The Bertz CT molecular complexity index is 604. The van der Waals surface area contributed by atoms with Gasteiger partial charge in [-0.25, -0.2) is 8.42 Å². The maximum atomic E-state index is 13.5. The summed E-state index contributed by atoms with van der Waals surface area (Å²) in [6.45, 7) is -0.248. The molecule has 9 heteroatoms. The van der Waals surface area contributed by atoms with Crippen LogP contribution in [-0.4, -0.2) is 41.6 Å². The van der Waals surface area contributed by atoms with Crippen LogP contribution in [-0.2, 0) is 22.8 Å². The third-order valence-electron chi connectivity index (χ3n) is 4.19. The Balaban J connectivity index is 2.09. The molecule has 1 aromatic heterocycles. The molecule has 0 bridgehead atoms. The number of aromatic nitrogens is 3. The highest BCUT2D eigenvalue weighted by Gasteiger charge is 2.54. The van der Waals surface area contributed by atoms with Crippen LogP contribution < -0.4 is 0 Å². The largest absolute Gasteiger partial charge is 0.396 e. The van der Waals surface area contributed by atoms with Crippen LogP contribution in [0.5, 0.6) is 0 Å². The second kappa shape index (κ2) is 6.17. The first kappa shape index (κ1) is 17.2. The van der Waals surface area contributed by atoms with Crippen molar-refractivity contribution in [3.63, 3.8) is 0 Å². The van der Waals surface area contributed by atoms with E-state index in [9.17, 15) is 21.6 Å².